The van der Waals surface area contributed by atoms with Crippen molar-refractivity contribution in [3.05, 3.63) is 0 Å². The van der Waals surface area contributed by atoms with Crippen LogP contribution in [0, 0.1) is 0 Å². The van der Waals surface area contributed by atoms with E-state index in [1.54, 1.807) is 0 Å². The lowest BCUT2D eigenvalue weighted by molar-refractivity contribution is -0.138. The standard InChI is InChI=1S/C17H29N3O6S/c1-13(21)18-5-8-25-10-11-26-9-6-19-15(22)4-3-7-20-16(23)12-14(27-2)17(20)24/h14H,3-12H2,1-2H3,(H,18,21)(H,19,22). The SMILES string of the molecule is CSC1CC(=O)N(CCCC(=O)NCCOCCOCCNC(C)=O)C1=O. The first kappa shape index (κ1) is 23.4. The molecule has 0 aromatic carbocycles. The third-order valence-electron chi connectivity index (χ3n) is 3.83. The van der Waals surface area contributed by atoms with Gasteiger partial charge >= 0.3 is 0 Å². The van der Waals surface area contributed by atoms with Crippen molar-refractivity contribution in [3.63, 3.8) is 0 Å². The van der Waals surface area contributed by atoms with Crippen molar-refractivity contribution in [1.29, 1.82) is 0 Å². The van der Waals surface area contributed by atoms with Crippen LogP contribution in [0.2, 0.25) is 0 Å². The summed E-state index contributed by atoms with van der Waals surface area (Å²) in [4.78, 5) is 47.3. The molecule has 0 bridgehead atoms. The van der Waals surface area contributed by atoms with Crippen LogP contribution in [-0.4, -0.2) is 86.1 Å². The molecule has 2 N–H and O–H groups in total. The lowest BCUT2D eigenvalue weighted by atomic mass is 10.3. The maximum Gasteiger partial charge on any atom is 0.242 e. The van der Waals surface area contributed by atoms with Gasteiger partial charge in [-0.2, -0.15) is 11.8 Å². The summed E-state index contributed by atoms with van der Waals surface area (Å²) in [5.41, 5.74) is 0. The molecule has 0 spiro atoms. The molecule has 1 unspecified atom stereocenters. The summed E-state index contributed by atoms with van der Waals surface area (Å²) in [7, 11) is 0. The number of nitrogens with one attached hydrogen (secondary N) is 2. The molecule has 1 atom stereocenters. The molecule has 0 radical (unpaired) electrons. The average Bonchev–Trinajstić information content (AvgIpc) is 2.90. The summed E-state index contributed by atoms with van der Waals surface area (Å²) in [6.07, 6.45) is 2.77. The van der Waals surface area contributed by atoms with E-state index < -0.39 is 0 Å². The van der Waals surface area contributed by atoms with Crippen LogP contribution in [-0.2, 0) is 28.7 Å². The highest BCUT2D eigenvalue weighted by atomic mass is 32.2. The number of imide groups is 1. The van der Waals surface area contributed by atoms with Gasteiger partial charge in [0.15, 0.2) is 0 Å². The zero-order chi connectivity index (χ0) is 20.1. The Bertz CT molecular complexity index is 517. The highest BCUT2D eigenvalue weighted by Gasteiger charge is 2.37. The Morgan fingerprint density at radius 3 is 2.30 bits per heavy atom. The number of likely N-dealkylation sites (tertiary alicyclic amines) is 1. The first-order chi connectivity index (χ1) is 13.0. The lowest BCUT2D eigenvalue weighted by Crippen LogP contribution is -2.33. The van der Waals surface area contributed by atoms with Crippen molar-refractivity contribution in [2.45, 2.75) is 31.4 Å². The van der Waals surface area contributed by atoms with Gasteiger partial charge in [0.2, 0.25) is 23.6 Å². The van der Waals surface area contributed by atoms with Gasteiger partial charge in [-0.3, -0.25) is 24.1 Å². The van der Waals surface area contributed by atoms with E-state index in [2.05, 4.69) is 10.6 Å². The van der Waals surface area contributed by atoms with Gasteiger partial charge in [0.25, 0.3) is 0 Å². The van der Waals surface area contributed by atoms with E-state index in [0.29, 0.717) is 45.9 Å². The number of thioether (sulfide) groups is 1. The van der Waals surface area contributed by atoms with E-state index in [1.807, 2.05) is 6.26 Å². The third kappa shape index (κ3) is 9.73. The Hall–Kier alpha value is -1.65. The Balaban J connectivity index is 1.95. The molecule has 10 heteroatoms. The largest absolute Gasteiger partial charge is 0.377 e. The van der Waals surface area contributed by atoms with Crippen molar-refractivity contribution in [2.24, 2.45) is 0 Å². The van der Waals surface area contributed by atoms with Crippen molar-refractivity contribution in [3.8, 4) is 0 Å². The van der Waals surface area contributed by atoms with Crippen LogP contribution in [0.1, 0.15) is 26.2 Å². The van der Waals surface area contributed by atoms with Crippen LogP contribution >= 0.6 is 11.8 Å². The zero-order valence-corrected chi connectivity index (χ0v) is 16.8. The molecular weight excluding hydrogens is 374 g/mol. The van der Waals surface area contributed by atoms with Crippen LogP contribution in [0.4, 0.5) is 0 Å². The van der Waals surface area contributed by atoms with Gasteiger partial charge < -0.3 is 20.1 Å². The normalized spacial score (nSPS) is 16.7. The molecule has 1 aliphatic heterocycles. The van der Waals surface area contributed by atoms with E-state index in [-0.39, 0.29) is 48.3 Å². The Labute approximate surface area is 163 Å². The Morgan fingerprint density at radius 1 is 1.11 bits per heavy atom. The molecule has 154 valence electrons. The number of amides is 4. The van der Waals surface area contributed by atoms with Gasteiger partial charge in [-0.1, -0.05) is 0 Å². The number of hydrogen-bond donors (Lipinski definition) is 2. The fraction of sp³-hybridized carbons (Fsp3) is 0.765. The van der Waals surface area contributed by atoms with E-state index in [9.17, 15) is 19.2 Å². The van der Waals surface area contributed by atoms with Gasteiger partial charge in [0, 0.05) is 39.4 Å². The third-order valence-corrected chi connectivity index (χ3v) is 4.77. The van der Waals surface area contributed by atoms with Crippen LogP contribution in [0.25, 0.3) is 0 Å². The molecule has 27 heavy (non-hydrogen) atoms. The van der Waals surface area contributed by atoms with Gasteiger partial charge in [-0.05, 0) is 12.7 Å². The summed E-state index contributed by atoms with van der Waals surface area (Å²) in [6.45, 7) is 4.23. The number of carbonyl (C=O) groups excluding carboxylic acids is 4. The van der Waals surface area contributed by atoms with Gasteiger partial charge in [-0.25, -0.2) is 0 Å². The Kier molecular flexibility index (Phi) is 11.7. The second-order valence-corrected chi connectivity index (χ2v) is 7.01. The minimum Gasteiger partial charge on any atom is -0.377 e. The first-order valence-electron chi connectivity index (χ1n) is 8.99. The molecule has 0 aliphatic carbocycles. The summed E-state index contributed by atoms with van der Waals surface area (Å²) >= 11 is 1.38. The van der Waals surface area contributed by atoms with Gasteiger partial charge in [0.05, 0.1) is 31.7 Å². The zero-order valence-electron chi connectivity index (χ0n) is 16.0. The van der Waals surface area contributed by atoms with Crippen molar-refractivity contribution < 1.29 is 28.7 Å². The fourth-order valence-electron chi connectivity index (χ4n) is 2.44. The molecule has 1 fully saturated rings. The molecule has 1 heterocycles. The summed E-state index contributed by atoms with van der Waals surface area (Å²) < 4.78 is 10.6. The van der Waals surface area contributed by atoms with Crippen LogP contribution in [0.5, 0.6) is 0 Å². The van der Waals surface area contributed by atoms with Gasteiger partial charge in [0.1, 0.15) is 0 Å². The number of nitrogens with zero attached hydrogens (tertiary/aromatic N) is 1. The molecule has 1 aliphatic rings. The smallest absolute Gasteiger partial charge is 0.242 e. The lowest BCUT2D eigenvalue weighted by Gasteiger charge is -2.14. The molecule has 1 rings (SSSR count). The topological polar surface area (TPSA) is 114 Å². The monoisotopic (exact) mass is 403 g/mol. The summed E-state index contributed by atoms with van der Waals surface area (Å²) in [6, 6.07) is 0. The molecular formula is C17H29N3O6S. The van der Waals surface area contributed by atoms with E-state index in [4.69, 9.17) is 9.47 Å². The number of carbonyl (C=O) groups is 4. The molecule has 4 amide bonds. The molecule has 1 saturated heterocycles. The highest BCUT2D eigenvalue weighted by Crippen LogP contribution is 2.23. The number of hydrogen-bond acceptors (Lipinski definition) is 7. The maximum atomic E-state index is 11.9. The van der Waals surface area contributed by atoms with E-state index >= 15 is 0 Å². The van der Waals surface area contributed by atoms with Crippen molar-refractivity contribution >= 4 is 35.4 Å². The second kappa shape index (κ2) is 13.5. The van der Waals surface area contributed by atoms with E-state index in [1.165, 1.54) is 23.6 Å². The molecule has 0 saturated carbocycles. The minimum absolute atomic E-state index is 0.0895. The van der Waals surface area contributed by atoms with Crippen LogP contribution < -0.4 is 10.6 Å². The number of rotatable bonds is 14. The Morgan fingerprint density at radius 2 is 1.74 bits per heavy atom. The van der Waals surface area contributed by atoms with E-state index in [0.717, 1.165) is 0 Å². The average molecular weight is 404 g/mol. The predicted octanol–water partition coefficient (Wildman–Crippen LogP) is -0.457. The quantitative estimate of drug-likeness (QED) is 0.298. The summed E-state index contributed by atoms with van der Waals surface area (Å²) in [5, 5.41) is 5.07. The van der Waals surface area contributed by atoms with Crippen LogP contribution in [0.15, 0.2) is 0 Å². The van der Waals surface area contributed by atoms with Crippen molar-refractivity contribution in [1.82, 2.24) is 15.5 Å². The van der Waals surface area contributed by atoms with Gasteiger partial charge in [-0.15, -0.1) is 0 Å². The number of ether oxygens (including phenoxy) is 2. The fourth-order valence-corrected chi connectivity index (χ4v) is 3.08. The van der Waals surface area contributed by atoms with Crippen molar-refractivity contribution in [2.75, 3.05) is 52.3 Å². The molecule has 0 aromatic heterocycles. The molecule has 0 aromatic rings. The highest BCUT2D eigenvalue weighted by molar-refractivity contribution is 8.00. The predicted molar refractivity (Wildman–Crippen MR) is 101 cm³/mol. The molecule has 9 nitrogen and oxygen atoms in total. The summed E-state index contributed by atoms with van der Waals surface area (Å²) in [5.74, 6) is -0.535. The maximum absolute atomic E-state index is 11.9. The first-order valence-corrected chi connectivity index (χ1v) is 10.3. The van der Waals surface area contributed by atoms with Crippen LogP contribution in [0.3, 0.4) is 0 Å². The second-order valence-electron chi connectivity index (χ2n) is 5.97. The minimum atomic E-state index is -0.280.